The van der Waals surface area contributed by atoms with E-state index < -0.39 is 48.1 Å². The molecule has 0 saturated carbocycles. The van der Waals surface area contributed by atoms with Crippen LogP contribution in [0.25, 0.3) is 5.52 Å². The maximum atomic E-state index is 12.0. The zero-order valence-electron chi connectivity index (χ0n) is 18.1. The maximum Gasteiger partial charge on any atom is 0.313 e. The smallest absolute Gasteiger partial charge is 0.313 e. The summed E-state index contributed by atoms with van der Waals surface area (Å²) in [6, 6.07) is 5.10. The third-order valence-electron chi connectivity index (χ3n) is 4.97. The summed E-state index contributed by atoms with van der Waals surface area (Å²) < 4.78 is 23.0. The number of carbonyl (C=O) groups is 2. The number of fused-ring (bicyclic) bond motifs is 1. The van der Waals surface area contributed by atoms with Crippen LogP contribution >= 0.6 is 0 Å². The average molecular weight is 447 g/mol. The molecule has 0 amide bonds. The number of nitrogens with two attached hydrogens (primary N) is 1. The molecule has 0 spiro atoms. The summed E-state index contributed by atoms with van der Waals surface area (Å²) in [5.74, 6) is -0.923. The molecule has 172 valence electrons. The van der Waals surface area contributed by atoms with E-state index in [-0.39, 0.29) is 18.1 Å². The lowest BCUT2D eigenvalue weighted by Crippen LogP contribution is -2.43. The van der Waals surface area contributed by atoms with Gasteiger partial charge in [0, 0.05) is 6.92 Å². The molecule has 12 nitrogen and oxygen atoms in total. The molecular weight excluding hydrogens is 422 g/mol. The molecule has 3 N–H and O–H groups in total. The monoisotopic (exact) mass is 447 g/mol. The quantitative estimate of drug-likeness (QED) is 0.460. The highest BCUT2D eigenvalue weighted by molar-refractivity contribution is 5.75. The minimum atomic E-state index is -1.93. The Hall–Kier alpha value is -3.27. The van der Waals surface area contributed by atoms with Crippen LogP contribution in [0.1, 0.15) is 33.4 Å². The number of carbonyl (C=O) groups excluding carboxylic acids is 2. The van der Waals surface area contributed by atoms with Crippen molar-refractivity contribution in [1.29, 1.82) is 5.26 Å². The number of aromatic nitrogens is 3. The molecule has 4 atom stereocenters. The molecule has 0 unspecified atom stereocenters. The van der Waals surface area contributed by atoms with Crippen molar-refractivity contribution in [3.63, 3.8) is 0 Å². The maximum absolute atomic E-state index is 12.0. The Balaban J connectivity index is 1.92. The number of rotatable bonds is 6. The molecule has 2 aromatic rings. The lowest BCUT2D eigenvalue weighted by atomic mass is 9.92. The van der Waals surface area contributed by atoms with Crippen LogP contribution in [0.5, 0.6) is 0 Å². The summed E-state index contributed by atoms with van der Waals surface area (Å²) >= 11 is 0. The number of hydrogen-bond donors (Lipinski definition) is 2. The summed E-state index contributed by atoms with van der Waals surface area (Å²) in [6.07, 6.45) is -2.54. The Kier molecular flexibility index (Phi) is 6.36. The summed E-state index contributed by atoms with van der Waals surface area (Å²) in [7, 11) is 0. The van der Waals surface area contributed by atoms with Crippen LogP contribution in [0, 0.1) is 16.7 Å². The standard InChI is InChI=1S/C20H25N5O7/c1-11(26)29-7-13-15(30-10-31-18(28)19(2,3)4)16(27)20(8-21,32-13)14-6-5-12-17(22)23-9-24-25(12)14/h5-6,9,13,15-16,27H,7,10H2,1-4H3,(H2,22,23,24)/t13-,15-,16-,20+/m1/s1. The first-order chi connectivity index (χ1) is 15.0. The molecule has 3 rings (SSSR count). The van der Waals surface area contributed by atoms with Crippen LogP contribution in [-0.2, 0) is 34.1 Å². The van der Waals surface area contributed by atoms with Gasteiger partial charge in [-0.2, -0.15) is 10.4 Å². The van der Waals surface area contributed by atoms with Crippen molar-refractivity contribution in [2.24, 2.45) is 5.41 Å². The topological polar surface area (TPSA) is 171 Å². The second-order valence-corrected chi connectivity index (χ2v) is 8.34. The molecule has 32 heavy (non-hydrogen) atoms. The molecule has 0 radical (unpaired) electrons. The van der Waals surface area contributed by atoms with E-state index in [1.165, 1.54) is 23.8 Å². The fourth-order valence-electron chi connectivity index (χ4n) is 3.32. The van der Waals surface area contributed by atoms with Gasteiger partial charge in [-0.05, 0) is 32.9 Å². The van der Waals surface area contributed by atoms with Crippen LogP contribution in [0.15, 0.2) is 18.5 Å². The molecule has 1 aliphatic heterocycles. The molecule has 0 bridgehead atoms. The number of nitriles is 1. The van der Waals surface area contributed by atoms with Crippen molar-refractivity contribution < 1.29 is 33.6 Å². The third kappa shape index (κ3) is 4.22. The van der Waals surface area contributed by atoms with E-state index in [2.05, 4.69) is 10.1 Å². The van der Waals surface area contributed by atoms with Crippen LogP contribution in [0.2, 0.25) is 0 Å². The fraction of sp³-hybridized carbons (Fsp3) is 0.550. The van der Waals surface area contributed by atoms with Gasteiger partial charge >= 0.3 is 11.9 Å². The minimum absolute atomic E-state index is 0.171. The van der Waals surface area contributed by atoms with Crippen molar-refractivity contribution in [2.45, 2.75) is 51.6 Å². The predicted octanol–water partition coefficient (Wildman–Crippen LogP) is 0.285. The summed E-state index contributed by atoms with van der Waals surface area (Å²) in [4.78, 5) is 27.2. The first-order valence-electron chi connectivity index (χ1n) is 9.79. The Morgan fingerprint density at radius 3 is 2.72 bits per heavy atom. The van der Waals surface area contributed by atoms with Gasteiger partial charge in [-0.1, -0.05) is 0 Å². The molecule has 1 fully saturated rings. The van der Waals surface area contributed by atoms with Gasteiger partial charge in [0.25, 0.3) is 0 Å². The number of ether oxygens (including phenoxy) is 4. The van der Waals surface area contributed by atoms with Crippen molar-refractivity contribution in [3.05, 3.63) is 24.2 Å². The first-order valence-corrected chi connectivity index (χ1v) is 9.79. The van der Waals surface area contributed by atoms with Crippen LogP contribution in [-0.4, -0.2) is 63.4 Å². The minimum Gasteiger partial charge on any atom is -0.463 e. The first kappa shape index (κ1) is 23.4. The molecule has 2 aromatic heterocycles. The number of anilines is 1. The van der Waals surface area contributed by atoms with Crippen molar-refractivity contribution in [2.75, 3.05) is 19.1 Å². The van der Waals surface area contributed by atoms with Gasteiger partial charge < -0.3 is 29.8 Å². The Morgan fingerprint density at radius 1 is 1.38 bits per heavy atom. The molecule has 0 aromatic carbocycles. The number of hydrogen-bond acceptors (Lipinski definition) is 11. The zero-order valence-corrected chi connectivity index (χ0v) is 18.1. The van der Waals surface area contributed by atoms with Crippen LogP contribution in [0.4, 0.5) is 5.82 Å². The SMILES string of the molecule is CC(=O)OC[C@H]1O[C@@](C#N)(c2ccc3c(N)ncnn23)[C@H](O)[C@@H]1OCOC(=O)C(C)(C)C. The highest BCUT2D eigenvalue weighted by Crippen LogP contribution is 2.41. The normalized spacial score (nSPS) is 25.4. The molecular formula is C20H25N5O7. The number of aliphatic hydroxyl groups is 1. The number of esters is 2. The molecule has 0 aliphatic carbocycles. The highest BCUT2D eigenvalue weighted by Gasteiger charge is 2.59. The largest absolute Gasteiger partial charge is 0.463 e. The van der Waals surface area contributed by atoms with Gasteiger partial charge in [0.15, 0.2) is 12.6 Å². The van der Waals surface area contributed by atoms with E-state index in [1.54, 1.807) is 26.8 Å². The summed E-state index contributed by atoms with van der Waals surface area (Å²) in [5.41, 5.74) is 3.76. The van der Waals surface area contributed by atoms with Crippen LogP contribution < -0.4 is 5.73 Å². The van der Waals surface area contributed by atoms with Gasteiger partial charge in [0.2, 0.25) is 5.60 Å². The summed E-state index contributed by atoms with van der Waals surface area (Å²) in [5, 5.41) is 25.3. The summed E-state index contributed by atoms with van der Waals surface area (Å²) in [6.45, 7) is 5.46. The van der Waals surface area contributed by atoms with E-state index in [0.29, 0.717) is 5.52 Å². The predicted molar refractivity (Wildman–Crippen MR) is 107 cm³/mol. The second kappa shape index (κ2) is 8.70. The van der Waals surface area contributed by atoms with E-state index in [4.69, 9.17) is 24.7 Å². The van der Waals surface area contributed by atoms with Gasteiger partial charge in [-0.15, -0.1) is 0 Å². The van der Waals surface area contributed by atoms with Crippen molar-refractivity contribution in [1.82, 2.24) is 14.6 Å². The van der Waals surface area contributed by atoms with Gasteiger partial charge in [-0.25, -0.2) is 9.50 Å². The van der Waals surface area contributed by atoms with Crippen LogP contribution in [0.3, 0.4) is 0 Å². The van der Waals surface area contributed by atoms with Gasteiger partial charge in [-0.3, -0.25) is 9.59 Å². The highest BCUT2D eigenvalue weighted by atomic mass is 16.7. The van der Waals surface area contributed by atoms with Crippen molar-refractivity contribution in [3.8, 4) is 6.07 Å². The van der Waals surface area contributed by atoms with E-state index in [1.807, 2.05) is 6.07 Å². The molecule has 1 saturated heterocycles. The number of nitrogen functional groups attached to an aromatic ring is 1. The molecule has 1 aliphatic rings. The zero-order chi connectivity index (χ0) is 23.7. The third-order valence-corrected chi connectivity index (χ3v) is 4.97. The van der Waals surface area contributed by atoms with E-state index in [0.717, 1.165) is 0 Å². The van der Waals surface area contributed by atoms with E-state index in [9.17, 15) is 20.0 Å². The van der Waals surface area contributed by atoms with E-state index >= 15 is 0 Å². The van der Waals surface area contributed by atoms with Gasteiger partial charge in [0.1, 0.15) is 42.8 Å². The molecule has 12 heteroatoms. The van der Waals surface area contributed by atoms with Gasteiger partial charge in [0.05, 0.1) is 11.1 Å². The number of aliphatic hydroxyl groups excluding tert-OH is 1. The lowest BCUT2D eigenvalue weighted by molar-refractivity contribution is -0.178. The Labute approximate surface area is 183 Å². The fourth-order valence-corrected chi connectivity index (χ4v) is 3.32. The number of nitrogens with zero attached hydrogens (tertiary/aromatic N) is 4. The second-order valence-electron chi connectivity index (χ2n) is 8.34. The average Bonchev–Trinajstić information content (AvgIpc) is 3.27. The lowest BCUT2D eigenvalue weighted by Gasteiger charge is -2.25. The van der Waals surface area contributed by atoms with Crippen molar-refractivity contribution >= 4 is 23.3 Å². The Bertz CT molecular complexity index is 1060. The Morgan fingerprint density at radius 2 is 2.09 bits per heavy atom. The molecule has 3 heterocycles.